The van der Waals surface area contributed by atoms with Crippen molar-refractivity contribution < 1.29 is 14.1 Å². The first-order valence-electron chi connectivity index (χ1n) is 8.95. The summed E-state index contributed by atoms with van der Waals surface area (Å²) in [6.07, 6.45) is 0. The van der Waals surface area contributed by atoms with Crippen molar-refractivity contribution in [2.24, 2.45) is 0 Å². The summed E-state index contributed by atoms with van der Waals surface area (Å²) in [5.74, 6) is 0.128. The number of nitro benzene ring substituents is 1. The maximum atomic E-state index is 12.6. The van der Waals surface area contributed by atoms with E-state index in [2.05, 4.69) is 10.3 Å². The molecular formula is C22H17N3O4. The molecule has 0 saturated heterocycles. The number of benzene rings is 3. The largest absolute Gasteiger partial charge is 0.436 e. The van der Waals surface area contributed by atoms with E-state index in [0.29, 0.717) is 22.7 Å². The zero-order valence-corrected chi connectivity index (χ0v) is 15.8. The van der Waals surface area contributed by atoms with E-state index in [9.17, 15) is 14.9 Å². The number of aryl methyl sites for hydroxylation is 1. The fourth-order valence-electron chi connectivity index (χ4n) is 3.08. The minimum atomic E-state index is -0.503. The highest BCUT2D eigenvalue weighted by atomic mass is 16.6. The van der Waals surface area contributed by atoms with Gasteiger partial charge in [0.1, 0.15) is 5.52 Å². The van der Waals surface area contributed by atoms with Crippen molar-refractivity contribution in [2.75, 3.05) is 5.32 Å². The maximum Gasteiger partial charge on any atom is 0.269 e. The summed E-state index contributed by atoms with van der Waals surface area (Å²) in [6.45, 7) is 3.87. The number of carbonyl (C=O) groups is 1. The fourth-order valence-corrected chi connectivity index (χ4v) is 3.08. The molecule has 0 atom stereocenters. The molecule has 0 fully saturated rings. The van der Waals surface area contributed by atoms with E-state index >= 15 is 0 Å². The zero-order chi connectivity index (χ0) is 20.5. The molecule has 3 aromatic carbocycles. The minimum Gasteiger partial charge on any atom is -0.436 e. The lowest BCUT2D eigenvalue weighted by Crippen LogP contribution is -2.13. The molecule has 0 spiro atoms. The van der Waals surface area contributed by atoms with Gasteiger partial charge in [-0.1, -0.05) is 12.1 Å². The van der Waals surface area contributed by atoms with Crippen LogP contribution in [0.1, 0.15) is 21.5 Å². The Morgan fingerprint density at radius 1 is 1.07 bits per heavy atom. The summed E-state index contributed by atoms with van der Waals surface area (Å²) in [5, 5.41) is 13.6. The Labute approximate surface area is 166 Å². The minimum absolute atomic E-state index is 0.0640. The molecule has 0 bridgehead atoms. The predicted molar refractivity (Wildman–Crippen MR) is 110 cm³/mol. The molecular weight excluding hydrogens is 370 g/mol. The fraction of sp³-hybridized carbons (Fsp3) is 0.0909. The number of nitro groups is 1. The SMILES string of the molecule is Cc1ccc2oc(-c3cccc(NC(=O)c4ccc([N+](=O)[O-])cc4)c3C)nc2c1. The molecule has 7 heteroatoms. The average Bonchev–Trinajstić information content (AvgIpc) is 3.12. The van der Waals surface area contributed by atoms with Crippen LogP contribution in [0, 0.1) is 24.0 Å². The van der Waals surface area contributed by atoms with Gasteiger partial charge in [-0.25, -0.2) is 4.98 Å². The summed E-state index contributed by atoms with van der Waals surface area (Å²) in [5.41, 5.74) is 5.04. The first-order valence-corrected chi connectivity index (χ1v) is 8.95. The Morgan fingerprint density at radius 2 is 1.83 bits per heavy atom. The lowest BCUT2D eigenvalue weighted by Gasteiger charge is -2.11. The maximum absolute atomic E-state index is 12.6. The molecule has 29 heavy (non-hydrogen) atoms. The molecule has 4 aromatic rings. The highest BCUT2D eigenvalue weighted by Crippen LogP contribution is 2.31. The number of fused-ring (bicyclic) bond motifs is 1. The van der Waals surface area contributed by atoms with Crippen LogP contribution in [0.3, 0.4) is 0 Å². The molecule has 0 radical (unpaired) electrons. The van der Waals surface area contributed by atoms with E-state index < -0.39 is 4.92 Å². The van der Waals surface area contributed by atoms with Gasteiger partial charge in [-0.05, 0) is 61.4 Å². The van der Waals surface area contributed by atoms with Crippen molar-refractivity contribution in [1.82, 2.24) is 4.98 Å². The van der Waals surface area contributed by atoms with E-state index in [1.54, 1.807) is 6.07 Å². The van der Waals surface area contributed by atoms with Gasteiger partial charge in [-0.3, -0.25) is 14.9 Å². The third-order valence-electron chi connectivity index (χ3n) is 4.70. The standard InChI is InChI=1S/C22H17N3O4/c1-13-6-11-20-19(12-13)24-22(29-20)17-4-3-5-18(14(17)2)23-21(26)15-7-9-16(10-8-15)25(27)28/h3-12H,1-2H3,(H,23,26). The van der Waals surface area contributed by atoms with Crippen molar-refractivity contribution in [1.29, 1.82) is 0 Å². The molecule has 1 heterocycles. The lowest BCUT2D eigenvalue weighted by molar-refractivity contribution is -0.384. The van der Waals surface area contributed by atoms with E-state index in [0.717, 1.165) is 22.2 Å². The molecule has 1 N–H and O–H groups in total. The molecule has 4 rings (SSSR count). The number of hydrogen-bond acceptors (Lipinski definition) is 5. The summed E-state index contributed by atoms with van der Waals surface area (Å²) < 4.78 is 5.88. The van der Waals surface area contributed by atoms with Gasteiger partial charge in [-0.15, -0.1) is 0 Å². The van der Waals surface area contributed by atoms with Crippen molar-refractivity contribution in [3.8, 4) is 11.5 Å². The van der Waals surface area contributed by atoms with Crippen LogP contribution in [0.25, 0.3) is 22.6 Å². The number of carbonyl (C=O) groups excluding carboxylic acids is 1. The normalized spacial score (nSPS) is 10.8. The number of hydrogen-bond donors (Lipinski definition) is 1. The van der Waals surface area contributed by atoms with Gasteiger partial charge in [0.05, 0.1) is 4.92 Å². The van der Waals surface area contributed by atoms with Crippen LogP contribution in [0.15, 0.2) is 65.1 Å². The molecule has 0 unspecified atom stereocenters. The molecule has 144 valence electrons. The highest BCUT2D eigenvalue weighted by molar-refractivity contribution is 6.05. The monoisotopic (exact) mass is 387 g/mol. The second-order valence-corrected chi connectivity index (χ2v) is 6.73. The van der Waals surface area contributed by atoms with Crippen molar-refractivity contribution in [3.05, 3.63) is 87.5 Å². The molecule has 0 aliphatic heterocycles. The number of anilines is 1. The van der Waals surface area contributed by atoms with E-state index in [1.165, 1.54) is 24.3 Å². The van der Waals surface area contributed by atoms with Crippen LogP contribution in [-0.2, 0) is 0 Å². The van der Waals surface area contributed by atoms with Gasteiger partial charge in [0.25, 0.3) is 11.6 Å². The van der Waals surface area contributed by atoms with Crippen LogP contribution < -0.4 is 5.32 Å². The van der Waals surface area contributed by atoms with Crippen LogP contribution in [0.4, 0.5) is 11.4 Å². The summed E-state index contributed by atoms with van der Waals surface area (Å²) >= 11 is 0. The molecule has 0 aliphatic carbocycles. The van der Waals surface area contributed by atoms with Gasteiger partial charge in [-0.2, -0.15) is 0 Å². The van der Waals surface area contributed by atoms with E-state index in [4.69, 9.17) is 4.42 Å². The molecule has 1 aromatic heterocycles. The topological polar surface area (TPSA) is 98.3 Å². The third-order valence-corrected chi connectivity index (χ3v) is 4.70. The lowest BCUT2D eigenvalue weighted by atomic mass is 10.1. The number of aromatic nitrogens is 1. The van der Waals surface area contributed by atoms with Crippen LogP contribution in [-0.4, -0.2) is 15.8 Å². The first-order chi connectivity index (χ1) is 13.9. The van der Waals surface area contributed by atoms with Crippen LogP contribution >= 0.6 is 0 Å². The van der Waals surface area contributed by atoms with Crippen molar-refractivity contribution >= 4 is 28.4 Å². The van der Waals surface area contributed by atoms with E-state index in [1.807, 2.05) is 44.2 Å². The highest BCUT2D eigenvalue weighted by Gasteiger charge is 2.15. The number of oxazole rings is 1. The van der Waals surface area contributed by atoms with Gasteiger partial charge < -0.3 is 9.73 Å². The number of nitrogens with one attached hydrogen (secondary N) is 1. The third kappa shape index (κ3) is 3.58. The Hall–Kier alpha value is -4.00. The van der Waals surface area contributed by atoms with Crippen molar-refractivity contribution in [2.45, 2.75) is 13.8 Å². The van der Waals surface area contributed by atoms with Crippen LogP contribution in [0.2, 0.25) is 0 Å². The van der Waals surface area contributed by atoms with Gasteiger partial charge in [0.15, 0.2) is 5.58 Å². The van der Waals surface area contributed by atoms with Crippen LogP contribution in [0.5, 0.6) is 0 Å². The average molecular weight is 387 g/mol. The van der Waals surface area contributed by atoms with Gasteiger partial charge in [0, 0.05) is 28.9 Å². The van der Waals surface area contributed by atoms with E-state index in [-0.39, 0.29) is 11.6 Å². The number of rotatable bonds is 4. The molecule has 0 saturated carbocycles. The Morgan fingerprint density at radius 3 is 2.55 bits per heavy atom. The smallest absolute Gasteiger partial charge is 0.269 e. The first kappa shape index (κ1) is 18.4. The quantitative estimate of drug-likeness (QED) is 0.380. The molecule has 0 aliphatic rings. The Balaban J connectivity index is 1.63. The molecule has 7 nitrogen and oxygen atoms in total. The van der Waals surface area contributed by atoms with Gasteiger partial charge in [0.2, 0.25) is 5.89 Å². The summed E-state index contributed by atoms with van der Waals surface area (Å²) in [7, 11) is 0. The summed E-state index contributed by atoms with van der Waals surface area (Å²) in [4.78, 5) is 27.4. The predicted octanol–water partition coefficient (Wildman–Crippen LogP) is 5.27. The Kier molecular flexibility index (Phi) is 4.56. The second kappa shape index (κ2) is 7.20. The number of non-ortho nitro benzene ring substituents is 1. The Bertz CT molecular complexity index is 1240. The number of amides is 1. The second-order valence-electron chi connectivity index (χ2n) is 6.73. The summed E-state index contributed by atoms with van der Waals surface area (Å²) in [6, 6.07) is 16.7. The molecule has 1 amide bonds. The number of nitrogens with zero attached hydrogens (tertiary/aromatic N) is 2. The zero-order valence-electron chi connectivity index (χ0n) is 15.8. The van der Waals surface area contributed by atoms with Gasteiger partial charge >= 0.3 is 0 Å². The van der Waals surface area contributed by atoms with Crippen molar-refractivity contribution in [3.63, 3.8) is 0 Å².